The Morgan fingerprint density at radius 1 is 1.21 bits per heavy atom. The number of benzene rings is 2. The summed E-state index contributed by atoms with van der Waals surface area (Å²) in [7, 11) is 0. The van der Waals surface area contributed by atoms with Gasteiger partial charge in [-0.15, -0.1) is 0 Å². The summed E-state index contributed by atoms with van der Waals surface area (Å²) in [5.74, 6) is -1.01. The third-order valence-corrected chi connectivity index (χ3v) is 3.87. The Kier molecular flexibility index (Phi) is 4.02. The van der Waals surface area contributed by atoms with Gasteiger partial charge in [-0.1, -0.05) is 23.4 Å². The third kappa shape index (κ3) is 3.22. The summed E-state index contributed by atoms with van der Waals surface area (Å²) in [6.45, 7) is 1.80. The number of carbonyl (C=O) groups is 1. The van der Waals surface area contributed by atoms with Gasteiger partial charge in [0, 0.05) is 20.5 Å². The number of halogens is 1. The van der Waals surface area contributed by atoms with Gasteiger partial charge in [-0.05, 0) is 48.9 Å². The minimum Gasteiger partial charge on any atom is -0.478 e. The number of nitrogens with two attached hydrogens (primary N) is 1. The number of rotatable bonds is 3. The van der Waals surface area contributed by atoms with Crippen molar-refractivity contribution >= 4 is 35.0 Å². The Morgan fingerprint density at radius 3 is 2.42 bits per heavy atom. The van der Waals surface area contributed by atoms with Crippen LogP contribution >= 0.6 is 23.4 Å². The third-order valence-electron chi connectivity index (χ3n) is 2.64. The Labute approximate surface area is 120 Å². The number of aryl methyl sites for hydroxylation is 1. The molecule has 0 saturated carbocycles. The second-order valence-corrected chi connectivity index (χ2v) is 5.65. The molecule has 0 aliphatic carbocycles. The maximum Gasteiger partial charge on any atom is 0.337 e. The summed E-state index contributed by atoms with van der Waals surface area (Å²) in [5, 5.41) is 9.78. The fraction of sp³-hybridized carbons (Fsp3) is 0.0714. The lowest BCUT2D eigenvalue weighted by Gasteiger charge is -2.09. The number of aromatic carboxylic acids is 1. The van der Waals surface area contributed by atoms with Gasteiger partial charge in [0.2, 0.25) is 0 Å². The highest BCUT2D eigenvalue weighted by molar-refractivity contribution is 7.99. The zero-order valence-corrected chi connectivity index (χ0v) is 11.8. The first kappa shape index (κ1) is 13.8. The topological polar surface area (TPSA) is 63.3 Å². The summed E-state index contributed by atoms with van der Waals surface area (Å²) < 4.78 is 0. The molecular formula is C14H12ClNO2S. The van der Waals surface area contributed by atoms with Crippen molar-refractivity contribution in [2.75, 3.05) is 5.73 Å². The molecule has 0 saturated heterocycles. The van der Waals surface area contributed by atoms with Crippen molar-refractivity contribution in [3.05, 3.63) is 52.5 Å². The number of anilines is 1. The monoisotopic (exact) mass is 293 g/mol. The fourth-order valence-corrected chi connectivity index (χ4v) is 2.72. The standard InChI is InChI=1S/C14H12ClNO2S/c1-8-6-11(7-12(13(8)16)14(17)18)19-10-4-2-9(15)3-5-10/h2-7H,16H2,1H3,(H,17,18). The molecular weight excluding hydrogens is 282 g/mol. The van der Waals surface area contributed by atoms with Crippen molar-refractivity contribution in [2.45, 2.75) is 16.7 Å². The number of hydrogen-bond acceptors (Lipinski definition) is 3. The first-order valence-electron chi connectivity index (χ1n) is 5.54. The van der Waals surface area contributed by atoms with Crippen molar-refractivity contribution in [3.8, 4) is 0 Å². The number of hydrogen-bond donors (Lipinski definition) is 2. The van der Waals surface area contributed by atoms with Gasteiger partial charge < -0.3 is 10.8 Å². The molecule has 98 valence electrons. The quantitative estimate of drug-likeness (QED) is 0.837. The first-order valence-corrected chi connectivity index (χ1v) is 6.73. The lowest BCUT2D eigenvalue weighted by molar-refractivity contribution is 0.0697. The van der Waals surface area contributed by atoms with Gasteiger partial charge in [0.05, 0.1) is 5.56 Å². The largest absolute Gasteiger partial charge is 0.478 e. The van der Waals surface area contributed by atoms with E-state index < -0.39 is 5.97 Å². The van der Waals surface area contributed by atoms with E-state index in [1.54, 1.807) is 25.1 Å². The van der Waals surface area contributed by atoms with E-state index >= 15 is 0 Å². The molecule has 0 amide bonds. The van der Waals surface area contributed by atoms with Crippen LogP contribution in [0.5, 0.6) is 0 Å². The number of carboxylic acid groups (broad SMARTS) is 1. The van der Waals surface area contributed by atoms with Crippen molar-refractivity contribution in [1.82, 2.24) is 0 Å². The number of carboxylic acids is 1. The molecule has 0 radical (unpaired) electrons. The molecule has 2 aromatic rings. The molecule has 0 heterocycles. The summed E-state index contributed by atoms with van der Waals surface area (Å²) >= 11 is 7.30. The molecule has 19 heavy (non-hydrogen) atoms. The van der Waals surface area contributed by atoms with E-state index in [9.17, 15) is 4.79 Å². The predicted octanol–water partition coefficient (Wildman–Crippen LogP) is 4.08. The van der Waals surface area contributed by atoms with Crippen molar-refractivity contribution in [1.29, 1.82) is 0 Å². The van der Waals surface area contributed by atoms with Gasteiger partial charge in [-0.25, -0.2) is 4.79 Å². The van der Waals surface area contributed by atoms with Crippen LogP contribution in [0.2, 0.25) is 5.02 Å². The van der Waals surface area contributed by atoms with E-state index in [0.29, 0.717) is 10.7 Å². The van der Waals surface area contributed by atoms with Gasteiger partial charge in [-0.3, -0.25) is 0 Å². The van der Waals surface area contributed by atoms with Crippen LogP contribution in [0.3, 0.4) is 0 Å². The minimum absolute atomic E-state index is 0.136. The predicted molar refractivity (Wildman–Crippen MR) is 78.1 cm³/mol. The van der Waals surface area contributed by atoms with Crippen molar-refractivity contribution < 1.29 is 9.90 Å². The average Bonchev–Trinajstić information content (AvgIpc) is 2.36. The van der Waals surface area contributed by atoms with E-state index in [0.717, 1.165) is 15.4 Å². The average molecular weight is 294 g/mol. The zero-order valence-electron chi connectivity index (χ0n) is 10.2. The molecule has 0 spiro atoms. The van der Waals surface area contributed by atoms with Gasteiger partial charge in [-0.2, -0.15) is 0 Å². The lowest BCUT2D eigenvalue weighted by Crippen LogP contribution is -2.04. The Hall–Kier alpha value is -1.65. The van der Waals surface area contributed by atoms with Crippen LogP contribution < -0.4 is 5.73 Å². The molecule has 2 aromatic carbocycles. The van der Waals surface area contributed by atoms with E-state index in [2.05, 4.69) is 0 Å². The van der Waals surface area contributed by atoms with Gasteiger partial charge in [0.25, 0.3) is 0 Å². The van der Waals surface area contributed by atoms with E-state index in [4.69, 9.17) is 22.4 Å². The minimum atomic E-state index is -1.01. The van der Waals surface area contributed by atoms with Crippen LogP contribution in [0.15, 0.2) is 46.2 Å². The molecule has 0 fully saturated rings. The van der Waals surface area contributed by atoms with Crippen LogP contribution in [-0.2, 0) is 0 Å². The molecule has 0 atom stereocenters. The van der Waals surface area contributed by atoms with E-state index in [1.807, 2.05) is 18.2 Å². The molecule has 3 N–H and O–H groups in total. The molecule has 5 heteroatoms. The van der Waals surface area contributed by atoms with Gasteiger partial charge in [0.15, 0.2) is 0 Å². The van der Waals surface area contributed by atoms with Crippen LogP contribution in [0, 0.1) is 6.92 Å². The number of nitrogen functional groups attached to an aromatic ring is 1. The van der Waals surface area contributed by atoms with E-state index in [-0.39, 0.29) is 5.56 Å². The van der Waals surface area contributed by atoms with Crippen LogP contribution in [0.4, 0.5) is 5.69 Å². The maximum absolute atomic E-state index is 11.1. The Morgan fingerprint density at radius 2 is 1.84 bits per heavy atom. The summed E-state index contributed by atoms with van der Waals surface area (Å²) in [5.41, 5.74) is 6.97. The highest BCUT2D eigenvalue weighted by Crippen LogP contribution is 2.32. The highest BCUT2D eigenvalue weighted by atomic mass is 35.5. The zero-order chi connectivity index (χ0) is 14.0. The maximum atomic E-state index is 11.1. The summed E-state index contributed by atoms with van der Waals surface area (Å²) in [6.07, 6.45) is 0. The first-order chi connectivity index (χ1) is 8.97. The van der Waals surface area contributed by atoms with Crippen LogP contribution in [0.1, 0.15) is 15.9 Å². The van der Waals surface area contributed by atoms with Crippen molar-refractivity contribution in [2.24, 2.45) is 0 Å². The second kappa shape index (κ2) is 5.55. The van der Waals surface area contributed by atoms with E-state index in [1.165, 1.54) is 11.8 Å². The molecule has 2 rings (SSSR count). The molecule has 0 unspecified atom stereocenters. The fourth-order valence-electron chi connectivity index (χ4n) is 1.64. The van der Waals surface area contributed by atoms with Gasteiger partial charge in [0.1, 0.15) is 0 Å². The highest BCUT2D eigenvalue weighted by Gasteiger charge is 2.12. The smallest absolute Gasteiger partial charge is 0.337 e. The normalized spacial score (nSPS) is 10.4. The molecule has 0 aliphatic heterocycles. The summed E-state index contributed by atoms with van der Waals surface area (Å²) in [6, 6.07) is 10.8. The lowest BCUT2D eigenvalue weighted by atomic mass is 10.1. The molecule has 0 aliphatic rings. The summed E-state index contributed by atoms with van der Waals surface area (Å²) in [4.78, 5) is 12.9. The molecule has 0 aromatic heterocycles. The molecule has 3 nitrogen and oxygen atoms in total. The van der Waals surface area contributed by atoms with Crippen LogP contribution in [-0.4, -0.2) is 11.1 Å². The van der Waals surface area contributed by atoms with Crippen LogP contribution in [0.25, 0.3) is 0 Å². The molecule has 0 bridgehead atoms. The Bertz CT molecular complexity index is 626. The van der Waals surface area contributed by atoms with Crippen molar-refractivity contribution in [3.63, 3.8) is 0 Å². The Balaban J connectivity index is 2.35. The van der Waals surface area contributed by atoms with Gasteiger partial charge >= 0.3 is 5.97 Å². The SMILES string of the molecule is Cc1cc(Sc2ccc(Cl)cc2)cc(C(=O)O)c1N. The second-order valence-electron chi connectivity index (χ2n) is 4.06.